The number of benzene rings is 2. The minimum Gasteiger partial charge on any atom is -0.376 e. The van der Waals surface area contributed by atoms with Crippen LogP contribution in [-0.2, 0) is 4.74 Å². The molecule has 3 rings (SSSR count). The van der Waals surface area contributed by atoms with Crippen molar-refractivity contribution in [3.8, 4) is 0 Å². The van der Waals surface area contributed by atoms with Crippen molar-refractivity contribution >= 4 is 47.2 Å². The van der Waals surface area contributed by atoms with Gasteiger partial charge in [-0.25, -0.2) is 4.39 Å². The van der Waals surface area contributed by atoms with E-state index in [1.165, 1.54) is 6.07 Å². The molecule has 2 aromatic rings. The third-order valence-electron chi connectivity index (χ3n) is 4.77. The van der Waals surface area contributed by atoms with Crippen LogP contribution in [-0.4, -0.2) is 43.2 Å². The average molecular weight is 533 g/mol. The summed E-state index contributed by atoms with van der Waals surface area (Å²) in [4.78, 5) is 6.64. The van der Waals surface area contributed by atoms with Gasteiger partial charge in [-0.1, -0.05) is 29.8 Å². The zero-order chi connectivity index (χ0) is 20.1. The van der Waals surface area contributed by atoms with Crippen molar-refractivity contribution in [3.63, 3.8) is 0 Å². The molecule has 3 N–H and O–H groups in total. The van der Waals surface area contributed by atoms with Crippen molar-refractivity contribution in [1.82, 2.24) is 4.90 Å². The highest BCUT2D eigenvalue weighted by atomic mass is 127. The van der Waals surface area contributed by atoms with E-state index in [1.807, 2.05) is 38.1 Å². The van der Waals surface area contributed by atoms with Gasteiger partial charge in [-0.3, -0.25) is 9.89 Å². The molecule has 8 heteroatoms. The van der Waals surface area contributed by atoms with Gasteiger partial charge in [0.1, 0.15) is 5.82 Å². The van der Waals surface area contributed by atoms with Crippen molar-refractivity contribution in [2.75, 3.05) is 31.6 Å². The van der Waals surface area contributed by atoms with Gasteiger partial charge in [0.2, 0.25) is 0 Å². The second-order valence-electron chi connectivity index (χ2n) is 7.05. The number of ether oxygens (including phenoxy) is 1. The lowest BCUT2D eigenvalue weighted by molar-refractivity contribution is -0.0336. The van der Waals surface area contributed by atoms with Crippen LogP contribution in [0.1, 0.15) is 24.1 Å². The fraction of sp³-hybridized carbons (Fsp3) is 0.381. The number of hydrogen-bond acceptors (Lipinski definition) is 3. The van der Waals surface area contributed by atoms with Gasteiger partial charge in [-0.2, -0.15) is 0 Å². The molecule has 1 aliphatic heterocycles. The molecule has 2 unspecified atom stereocenters. The number of aryl methyl sites for hydroxylation is 1. The van der Waals surface area contributed by atoms with Crippen LogP contribution in [0.3, 0.4) is 0 Å². The Morgan fingerprint density at radius 2 is 2.14 bits per heavy atom. The van der Waals surface area contributed by atoms with Gasteiger partial charge in [-0.05, 0) is 43.7 Å². The zero-order valence-corrected chi connectivity index (χ0v) is 19.7. The van der Waals surface area contributed by atoms with E-state index < -0.39 is 0 Å². The molecule has 158 valence electrons. The molecule has 1 saturated heterocycles. The summed E-state index contributed by atoms with van der Waals surface area (Å²) in [5.74, 6) is -0.0542. The van der Waals surface area contributed by atoms with Gasteiger partial charge < -0.3 is 15.8 Å². The maximum Gasteiger partial charge on any atom is 0.193 e. The fourth-order valence-electron chi connectivity index (χ4n) is 3.44. The highest BCUT2D eigenvalue weighted by molar-refractivity contribution is 14.0. The molecule has 5 nitrogen and oxygen atoms in total. The Balaban J connectivity index is 0.00000300. The second-order valence-corrected chi connectivity index (χ2v) is 7.46. The standard InChI is InChI=1S/C21H26ClFN4O.HI/c1-14-5-3-6-16(11-14)26-21(24)25-12-19(27-9-10-28-15(2)13-27)20-17(22)7-4-8-18(20)23;/h3-8,11,15,19H,9-10,12-13H2,1-2H3,(H3,24,25,26);1H. The molecule has 1 fully saturated rings. The Kier molecular flexibility index (Phi) is 9.13. The Labute approximate surface area is 193 Å². The van der Waals surface area contributed by atoms with Crippen molar-refractivity contribution < 1.29 is 9.13 Å². The number of morpholine rings is 1. The minimum absolute atomic E-state index is 0. The highest BCUT2D eigenvalue weighted by Gasteiger charge is 2.29. The maximum atomic E-state index is 14.6. The number of anilines is 1. The molecular formula is C21H27ClFIN4O. The molecule has 0 bridgehead atoms. The Bertz CT molecular complexity index is 831. The molecule has 1 aliphatic rings. The van der Waals surface area contributed by atoms with Gasteiger partial charge in [0.05, 0.1) is 25.3 Å². The summed E-state index contributed by atoms with van der Waals surface area (Å²) in [6.07, 6.45) is 0.0635. The molecular weight excluding hydrogens is 506 g/mol. The number of nitrogens with zero attached hydrogens (tertiary/aromatic N) is 2. The first-order chi connectivity index (χ1) is 13.4. The van der Waals surface area contributed by atoms with Crippen molar-refractivity contribution in [2.45, 2.75) is 26.0 Å². The van der Waals surface area contributed by atoms with Crippen molar-refractivity contribution in [2.24, 2.45) is 10.7 Å². The normalized spacial score (nSPS) is 18.8. The van der Waals surface area contributed by atoms with Crippen LogP contribution < -0.4 is 11.1 Å². The number of nitrogens with one attached hydrogen (secondary N) is 1. The Morgan fingerprint density at radius 1 is 1.38 bits per heavy atom. The summed E-state index contributed by atoms with van der Waals surface area (Å²) in [7, 11) is 0. The van der Waals surface area contributed by atoms with Gasteiger partial charge in [0, 0.05) is 29.4 Å². The van der Waals surface area contributed by atoms with Gasteiger partial charge >= 0.3 is 0 Å². The number of guanidine groups is 1. The maximum absolute atomic E-state index is 14.6. The second kappa shape index (κ2) is 11.1. The molecule has 0 amide bonds. The summed E-state index contributed by atoms with van der Waals surface area (Å²) >= 11 is 6.35. The SMILES string of the molecule is Cc1cccc(NC(N)=NCC(c2c(F)cccc2Cl)N2CCOC(C)C2)c1.I. The molecule has 0 aliphatic carbocycles. The van der Waals surface area contributed by atoms with Crippen LogP contribution in [0.4, 0.5) is 10.1 Å². The number of aliphatic imine (C=N–C) groups is 1. The quantitative estimate of drug-likeness (QED) is 0.336. The third-order valence-corrected chi connectivity index (χ3v) is 5.10. The zero-order valence-electron chi connectivity index (χ0n) is 16.6. The average Bonchev–Trinajstić information content (AvgIpc) is 2.64. The van der Waals surface area contributed by atoms with E-state index in [0.29, 0.717) is 30.3 Å². The summed E-state index contributed by atoms with van der Waals surface area (Å²) in [5, 5.41) is 3.48. The van der Waals surface area contributed by atoms with E-state index in [0.717, 1.165) is 11.3 Å². The summed E-state index contributed by atoms with van der Waals surface area (Å²) < 4.78 is 20.3. The first-order valence-corrected chi connectivity index (χ1v) is 9.75. The molecule has 1 heterocycles. The number of hydrogen-bond donors (Lipinski definition) is 2. The van der Waals surface area contributed by atoms with E-state index in [1.54, 1.807) is 12.1 Å². The summed E-state index contributed by atoms with van der Waals surface area (Å²) in [5.41, 5.74) is 8.52. The first kappa shape index (κ1) is 23.9. The minimum atomic E-state index is -0.336. The molecule has 0 spiro atoms. The first-order valence-electron chi connectivity index (χ1n) is 9.37. The molecule has 29 heavy (non-hydrogen) atoms. The molecule has 2 aromatic carbocycles. The molecule has 0 aromatic heterocycles. The van der Waals surface area contributed by atoms with E-state index in [2.05, 4.69) is 15.2 Å². The van der Waals surface area contributed by atoms with Gasteiger partial charge in [-0.15, -0.1) is 24.0 Å². The van der Waals surface area contributed by atoms with Crippen LogP contribution in [0.5, 0.6) is 0 Å². The van der Waals surface area contributed by atoms with E-state index >= 15 is 0 Å². The number of halogens is 3. The van der Waals surface area contributed by atoms with Crippen LogP contribution in [0.15, 0.2) is 47.5 Å². The molecule has 0 radical (unpaired) electrons. The Morgan fingerprint density at radius 3 is 2.83 bits per heavy atom. The smallest absolute Gasteiger partial charge is 0.193 e. The largest absolute Gasteiger partial charge is 0.376 e. The lowest BCUT2D eigenvalue weighted by atomic mass is 10.0. The predicted molar refractivity (Wildman–Crippen MR) is 128 cm³/mol. The third kappa shape index (κ3) is 6.53. The van der Waals surface area contributed by atoms with Crippen LogP contribution >= 0.6 is 35.6 Å². The number of nitrogens with two attached hydrogens (primary N) is 1. The monoisotopic (exact) mass is 532 g/mol. The lowest BCUT2D eigenvalue weighted by Gasteiger charge is -2.37. The molecule has 2 atom stereocenters. The van der Waals surface area contributed by atoms with Crippen LogP contribution in [0.2, 0.25) is 5.02 Å². The fourth-order valence-corrected chi connectivity index (χ4v) is 3.73. The van der Waals surface area contributed by atoms with E-state index in [-0.39, 0.29) is 54.4 Å². The number of rotatable bonds is 5. The van der Waals surface area contributed by atoms with Gasteiger partial charge in [0.25, 0.3) is 0 Å². The van der Waals surface area contributed by atoms with Crippen molar-refractivity contribution in [1.29, 1.82) is 0 Å². The van der Waals surface area contributed by atoms with Crippen LogP contribution in [0, 0.1) is 12.7 Å². The summed E-state index contributed by atoms with van der Waals surface area (Å²) in [6.45, 7) is 6.25. The van der Waals surface area contributed by atoms with Crippen molar-refractivity contribution in [3.05, 3.63) is 64.4 Å². The van der Waals surface area contributed by atoms with E-state index in [4.69, 9.17) is 22.1 Å². The topological polar surface area (TPSA) is 62.9 Å². The van der Waals surface area contributed by atoms with Gasteiger partial charge in [0.15, 0.2) is 5.96 Å². The lowest BCUT2D eigenvalue weighted by Crippen LogP contribution is -2.44. The summed E-state index contributed by atoms with van der Waals surface area (Å²) in [6, 6.07) is 12.3. The van der Waals surface area contributed by atoms with E-state index in [9.17, 15) is 4.39 Å². The predicted octanol–water partition coefficient (Wildman–Crippen LogP) is 4.59. The van der Waals surface area contributed by atoms with Crippen LogP contribution in [0.25, 0.3) is 0 Å². The Hall–Kier alpha value is -1.42. The highest BCUT2D eigenvalue weighted by Crippen LogP contribution is 2.31. The molecule has 0 saturated carbocycles.